The molecular weight excluding hydrogens is 355 g/mol. The van der Waals surface area contributed by atoms with E-state index in [1.165, 1.54) is 23.2 Å². The van der Waals surface area contributed by atoms with Gasteiger partial charge in [0, 0.05) is 50.7 Å². The number of halogens is 3. The summed E-state index contributed by atoms with van der Waals surface area (Å²) in [5, 5.41) is 0. The van der Waals surface area contributed by atoms with E-state index in [2.05, 4.69) is 4.98 Å². The van der Waals surface area contributed by atoms with Crippen molar-refractivity contribution >= 4 is 11.6 Å². The Kier molecular flexibility index (Phi) is 4.32. The van der Waals surface area contributed by atoms with Crippen LogP contribution in [0.3, 0.4) is 0 Å². The molecule has 27 heavy (non-hydrogen) atoms. The highest BCUT2D eigenvalue weighted by molar-refractivity contribution is 5.94. The second kappa shape index (κ2) is 6.55. The van der Waals surface area contributed by atoms with Crippen molar-refractivity contribution in [2.45, 2.75) is 18.8 Å². The third-order valence-electron chi connectivity index (χ3n) is 5.69. The Labute approximate surface area is 155 Å². The molecule has 2 aliphatic rings. The summed E-state index contributed by atoms with van der Waals surface area (Å²) in [5.74, 6) is -3.54. The van der Waals surface area contributed by atoms with Crippen molar-refractivity contribution in [1.82, 2.24) is 9.88 Å². The lowest BCUT2D eigenvalue weighted by molar-refractivity contribution is -0.150. The summed E-state index contributed by atoms with van der Waals surface area (Å²) in [7, 11) is 0. The summed E-state index contributed by atoms with van der Waals surface area (Å²) in [5.41, 5.74) is -0.327. The molecule has 2 aliphatic heterocycles. The van der Waals surface area contributed by atoms with Crippen LogP contribution in [0.2, 0.25) is 0 Å². The molecule has 142 valence electrons. The number of hydrogen-bond acceptors (Lipinski definition) is 3. The largest absolute Gasteiger partial charge is 0.371 e. The van der Waals surface area contributed by atoms with Gasteiger partial charge >= 0.3 is 0 Å². The number of carbonyl (C=O) groups is 1. The molecule has 1 spiro atoms. The highest BCUT2D eigenvalue weighted by atomic mass is 19.3. The zero-order chi connectivity index (χ0) is 19.1. The zero-order valence-corrected chi connectivity index (χ0v) is 14.7. The summed E-state index contributed by atoms with van der Waals surface area (Å²) in [6, 6.07) is 9.29. The van der Waals surface area contributed by atoms with Crippen molar-refractivity contribution in [1.29, 1.82) is 0 Å². The number of aromatic nitrogens is 1. The van der Waals surface area contributed by atoms with Crippen LogP contribution >= 0.6 is 0 Å². The van der Waals surface area contributed by atoms with E-state index < -0.39 is 17.2 Å². The average molecular weight is 375 g/mol. The highest BCUT2D eigenvalue weighted by Gasteiger charge is 2.60. The monoisotopic (exact) mass is 375 g/mol. The summed E-state index contributed by atoms with van der Waals surface area (Å²) in [6.07, 6.45) is 2.91. The van der Waals surface area contributed by atoms with Gasteiger partial charge in [-0.2, -0.15) is 0 Å². The summed E-state index contributed by atoms with van der Waals surface area (Å²) >= 11 is 0. The molecule has 2 fully saturated rings. The predicted octanol–water partition coefficient (Wildman–Crippen LogP) is 3.60. The molecular formula is C20H20F3N3O. The van der Waals surface area contributed by atoms with E-state index in [4.69, 9.17) is 0 Å². The molecule has 0 radical (unpaired) electrons. The number of nitrogens with zero attached hydrogens (tertiary/aromatic N) is 3. The molecule has 1 atom stereocenters. The van der Waals surface area contributed by atoms with Gasteiger partial charge in [-0.3, -0.25) is 9.78 Å². The maximum Gasteiger partial charge on any atom is 0.258 e. The van der Waals surface area contributed by atoms with Gasteiger partial charge in [0.05, 0.1) is 11.0 Å². The SMILES string of the molecule is O=C(c1cccnc1)N1CCC(F)(F)C2(CCN(c3cccc(F)c3)C2)C1. The number of amides is 1. The van der Waals surface area contributed by atoms with Gasteiger partial charge in [0.25, 0.3) is 11.8 Å². The topological polar surface area (TPSA) is 36.4 Å². The summed E-state index contributed by atoms with van der Waals surface area (Å²) < 4.78 is 43.4. The standard InChI is InChI=1S/C20H20F3N3O/c21-16-4-1-5-17(11-16)25-9-6-19(13-25)14-26(10-7-20(19,22)23)18(27)15-3-2-8-24-12-15/h1-5,8,11-12H,6-7,9-10,13-14H2. The van der Waals surface area contributed by atoms with Gasteiger partial charge < -0.3 is 9.80 Å². The minimum atomic E-state index is -2.87. The molecule has 1 amide bonds. The Morgan fingerprint density at radius 1 is 1.07 bits per heavy atom. The van der Waals surface area contributed by atoms with Crippen molar-refractivity contribution < 1.29 is 18.0 Å². The van der Waals surface area contributed by atoms with E-state index in [1.54, 1.807) is 35.4 Å². The number of hydrogen-bond donors (Lipinski definition) is 0. The van der Waals surface area contributed by atoms with E-state index in [9.17, 15) is 18.0 Å². The van der Waals surface area contributed by atoms with Crippen LogP contribution in [0.25, 0.3) is 0 Å². The molecule has 0 bridgehead atoms. The molecule has 3 heterocycles. The van der Waals surface area contributed by atoms with Crippen LogP contribution in [0.5, 0.6) is 0 Å². The third kappa shape index (κ3) is 3.15. The van der Waals surface area contributed by atoms with Crippen molar-refractivity contribution in [2.75, 3.05) is 31.1 Å². The van der Waals surface area contributed by atoms with Crippen molar-refractivity contribution in [3.05, 3.63) is 60.2 Å². The van der Waals surface area contributed by atoms with Crippen LogP contribution in [0.1, 0.15) is 23.2 Å². The number of carbonyl (C=O) groups excluding carboxylic acids is 1. The first-order valence-corrected chi connectivity index (χ1v) is 8.98. The number of piperidine rings is 1. The smallest absolute Gasteiger partial charge is 0.258 e. The third-order valence-corrected chi connectivity index (χ3v) is 5.69. The highest BCUT2D eigenvalue weighted by Crippen LogP contribution is 2.50. The molecule has 2 aromatic rings. The lowest BCUT2D eigenvalue weighted by atomic mass is 9.75. The number of pyridine rings is 1. The molecule has 4 nitrogen and oxygen atoms in total. The fraction of sp³-hybridized carbons (Fsp3) is 0.400. The number of rotatable bonds is 2. The Morgan fingerprint density at radius 2 is 1.93 bits per heavy atom. The van der Waals surface area contributed by atoms with Crippen LogP contribution < -0.4 is 4.90 Å². The number of anilines is 1. The number of alkyl halides is 2. The fourth-order valence-electron chi connectivity index (χ4n) is 4.14. The molecule has 1 unspecified atom stereocenters. The maximum absolute atomic E-state index is 14.9. The first kappa shape index (κ1) is 17.8. The minimum Gasteiger partial charge on any atom is -0.371 e. The molecule has 2 saturated heterocycles. The van der Waals surface area contributed by atoms with E-state index in [-0.39, 0.29) is 38.4 Å². The van der Waals surface area contributed by atoms with E-state index in [1.807, 2.05) is 0 Å². The van der Waals surface area contributed by atoms with Gasteiger partial charge in [-0.25, -0.2) is 13.2 Å². The Hall–Kier alpha value is -2.57. The lowest BCUT2D eigenvalue weighted by Crippen LogP contribution is -2.58. The second-order valence-electron chi connectivity index (χ2n) is 7.35. The quantitative estimate of drug-likeness (QED) is 0.805. The Balaban J connectivity index is 1.57. The van der Waals surface area contributed by atoms with Crippen molar-refractivity contribution in [2.24, 2.45) is 5.41 Å². The maximum atomic E-state index is 14.9. The number of benzene rings is 1. The van der Waals surface area contributed by atoms with E-state index in [0.717, 1.165) is 0 Å². The molecule has 1 aromatic heterocycles. The zero-order valence-electron chi connectivity index (χ0n) is 14.7. The van der Waals surface area contributed by atoms with Crippen LogP contribution in [-0.2, 0) is 0 Å². The van der Waals surface area contributed by atoms with Gasteiger partial charge in [-0.15, -0.1) is 0 Å². The Morgan fingerprint density at radius 3 is 2.67 bits per heavy atom. The van der Waals surface area contributed by atoms with Gasteiger partial charge in [0.1, 0.15) is 5.82 Å². The van der Waals surface area contributed by atoms with E-state index in [0.29, 0.717) is 17.8 Å². The van der Waals surface area contributed by atoms with Crippen LogP contribution in [0, 0.1) is 11.2 Å². The normalized spacial score (nSPS) is 24.4. The van der Waals surface area contributed by atoms with Crippen molar-refractivity contribution in [3.63, 3.8) is 0 Å². The number of likely N-dealkylation sites (tertiary alicyclic amines) is 1. The second-order valence-corrected chi connectivity index (χ2v) is 7.35. The van der Waals surface area contributed by atoms with Crippen LogP contribution in [-0.4, -0.2) is 47.9 Å². The fourth-order valence-corrected chi connectivity index (χ4v) is 4.14. The first-order valence-electron chi connectivity index (χ1n) is 8.98. The molecule has 0 N–H and O–H groups in total. The minimum absolute atomic E-state index is 0.0143. The molecule has 0 aliphatic carbocycles. The molecule has 7 heteroatoms. The average Bonchev–Trinajstić information content (AvgIpc) is 3.10. The van der Waals surface area contributed by atoms with E-state index >= 15 is 0 Å². The lowest BCUT2D eigenvalue weighted by Gasteiger charge is -2.46. The van der Waals surface area contributed by atoms with Gasteiger partial charge in [-0.05, 0) is 36.8 Å². The first-order chi connectivity index (χ1) is 12.9. The van der Waals surface area contributed by atoms with Gasteiger partial charge in [-0.1, -0.05) is 6.07 Å². The van der Waals surface area contributed by atoms with Gasteiger partial charge in [0.15, 0.2) is 0 Å². The molecule has 4 rings (SSSR count). The summed E-state index contributed by atoms with van der Waals surface area (Å²) in [6.45, 7) is 0.510. The van der Waals surface area contributed by atoms with Gasteiger partial charge in [0.2, 0.25) is 0 Å². The van der Waals surface area contributed by atoms with Crippen LogP contribution in [0.4, 0.5) is 18.9 Å². The predicted molar refractivity (Wildman–Crippen MR) is 95.4 cm³/mol. The molecule has 0 saturated carbocycles. The van der Waals surface area contributed by atoms with Crippen LogP contribution in [0.15, 0.2) is 48.8 Å². The Bertz CT molecular complexity index is 845. The van der Waals surface area contributed by atoms with Crippen molar-refractivity contribution in [3.8, 4) is 0 Å². The summed E-state index contributed by atoms with van der Waals surface area (Å²) in [4.78, 5) is 20.0. The molecule has 1 aromatic carbocycles.